The predicted molar refractivity (Wildman–Crippen MR) is 105 cm³/mol. The molecule has 1 aromatic rings. The van der Waals surface area contributed by atoms with Gasteiger partial charge in [-0.05, 0) is 25.3 Å². The van der Waals surface area contributed by atoms with E-state index in [0.29, 0.717) is 31.0 Å². The third-order valence-corrected chi connectivity index (χ3v) is 3.92. The van der Waals surface area contributed by atoms with Gasteiger partial charge in [0.15, 0.2) is 5.96 Å². The smallest absolute Gasteiger partial charge is 0.218 e. The summed E-state index contributed by atoms with van der Waals surface area (Å²) in [5.41, 5.74) is 7.00. The average molecular weight is 432 g/mol. The summed E-state index contributed by atoms with van der Waals surface area (Å²) in [6.45, 7) is 3.25. The van der Waals surface area contributed by atoms with Crippen LogP contribution in [-0.4, -0.2) is 23.6 Å². The molecular formula is C17H29IN4O. The highest BCUT2D eigenvalue weighted by atomic mass is 127. The molecule has 6 heteroatoms. The fraction of sp³-hybridized carbons (Fsp3) is 0.647. The second-order valence-corrected chi connectivity index (χ2v) is 5.85. The van der Waals surface area contributed by atoms with Gasteiger partial charge in [-0.25, -0.2) is 9.98 Å². The molecule has 130 valence electrons. The highest BCUT2D eigenvalue weighted by molar-refractivity contribution is 14.0. The molecule has 0 amide bonds. The lowest BCUT2D eigenvalue weighted by Gasteiger charge is -2.16. The summed E-state index contributed by atoms with van der Waals surface area (Å²) in [5, 5.41) is 3.36. The van der Waals surface area contributed by atoms with Crippen molar-refractivity contribution in [3.63, 3.8) is 0 Å². The molecule has 0 spiro atoms. The minimum absolute atomic E-state index is 0. The Hall–Kier alpha value is -1.05. The molecule has 5 nitrogen and oxygen atoms in total. The van der Waals surface area contributed by atoms with Crippen molar-refractivity contribution in [1.82, 2.24) is 10.3 Å². The Kier molecular flexibility index (Phi) is 9.98. The second-order valence-electron chi connectivity index (χ2n) is 5.85. The van der Waals surface area contributed by atoms with Gasteiger partial charge in [-0.1, -0.05) is 38.7 Å². The number of hydrogen-bond acceptors (Lipinski definition) is 3. The quantitative estimate of drug-likeness (QED) is 0.312. The van der Waals surface area contributed by atoms with E-state index in [9.17, 15) is 0 Å². The molecule has 3 N–H and O–H groups in total. The van der Waals surface area contributed by atoms with Crippen molar-refractivity contribution in [2.24, 2.45) is 10.7 Å². The lowest BCUT2D eigenvalue weighted by Crippen LogP contribution is -2.39. The molecule has 1 saturated carbocycles. The van der Waals surface area contributed by atoms with E-state index in [0.717, 1.165) is 12.0 Å². The van der Waals surface area contributed by atoms with Gasteiger partial charge in [0.2, 0.25) is 5.88 Å². The summed E-state index contributed by atoms with van der Waals surface area (Å²) in [5.74, 6) is 1.19. The molecule has 23 heavy (non-hydrogen) atoms. The zero-order chi connectivity index (χ0) is 15.6. The summed E-state index contributed by atoms with van der Waals surface area (Å²) >= 11 is 0. The number of aromatic nitrogens is 1. The Labute approximate surface area is 156 Å². The van der Waals surface area contributed by atoms with Crippen molar-refractivity contribution in [3.8, 4) is 5.88 Å². The van der Waals surface area contributed by atoms with E-state index < -0.39 is 0 Å². The van der Waals surface area contributed by atoms with E-state index in [1.165, 1.54) is 38.5 Å². The predicted octanol–water partition coefficient (Wildman–Crippen LogP) is 3.62. The molecule has 1 aliphatic rings. The first-order chi connectivity index (χ1) is 10.8. The Morgan fingerprint density at radius 1 is 1.35 bits per heavy atom. The summed E-state index contributed by atoms with van der Waals surface area (Å²) in [6, 6.07) is 4.36. The first-order valence-corrected chi connectivity index (χ1v) is 8.42. The lowest BCUT2D eigenvalue weighted by atomic mass is 10.1. The second kappa shape index (κ2) is 11.5. The summed E-state index contributed by atoms with van der Waals surface area (Å²) in [7, 11) is 0. The number of nitrogens with two attached hydrogens (primary N) is 1. The van der Waals surface area contributed by atoms with Gasteiger partial charge in [-0.15, -0.1) is 24.0 Å². The molecule has 0 aromatic carbocycles. The molecule has 0 atom stereocenters. The van der Waals surface area contributed by atoms with Crippen LogP contribution in [0.1, 0.15) is 57.4 Å². The van der Waals surface area contributed by atoms with Crippen LogP contribution in [0.5, 0.6) is 5.88 Å². The average Bonchev–Trinajstić information content (AvgIpc) is 2.80. The van der Waals surface area contributed by atoms with Crippen LogP contribution in [0, 0.1) is 0 Å². The highest BCUT2D eigenvalue weighted by Crippen LogP contribution is 2.17. The number of aliphatic imine (C=N–C) groups is 1. The number of hydrogen-bond donors (Lipinski definition) is 2. The number of ether oxygens (including phenoxy) is 1. The van der Waals surface area contributed by atoms with Crippen LogP contribution in [0.4, 0.5) is 0 Å². The monoisotopic (exact) mass is 432 g/mol. The maximum Gasteiger partial charge on any atom is 0.218 e. The number of guanidine groups is 1. The van der Waals surface area contributed by atoms with E-state index in [2.05, 4.69) is 22.2 Å². The first kappa shape index (κ1) is 20.0. The molecule has 2 rings (SSSR count). The van der Waals surface area contributed by atoms with Crippen molar-refractivity contribution < 1.29 is 4.74 Å². The van der Waals surface area contributed by atoms with Crippen LogP contribution in [0.3, 0.4) is 0 Å². The van der Waals surface area contributed by atoms with Crippen LogP contribution < -0.4 is 15.8 Å². The van der Waals surface area contributed by atoms with Gasteiger partial charge in [-0.3, -0.25) is 0 Å². The number of rotatable bonds is 6. The molecule has 0 bridgehead atoms. The number of pyridine rings is 1. The van der Waals surface area contributed by atoms with Crippen molar-refractivity contribution in [3.05, 3.63) is 23.9 Å². The van der Waals surface area contributed by atoms with Gasteiger partial charge in [0.1, 0.15) is 0 Å². The molecule has 1 fully saturated rings. The molecule has 0 radical (unpaired) electrons. The first-order valence-electron chi connectivity index (χ1n) is 8.42. The normalized spacial score (nSPS) is 16.3. The third-order valence-electron chi connectivity index (χ3n) is 3.92. The van der Waals surface area contributed by atoms with Gasteiger partial charge in [0.05, 0.1) is 13.2 Å². The van der Waals surface area contributed by atoms with Gasteiger partial charge in [0.25, 0.3) is 0 Å². The Morgan fingerprint density at radius 3 is 2.78 bits per heavy atom. The SMILES string of the molecule is CCCOc1ncccc1CN=C(N)NC1CCCCCC1.I. The van der Waals surface area contributed by atoms with Gasteiger partial charge < -0.3 is 15.8 Å². The third kappa shape index (κ3) is 7.37. The summed E-state index contributed by atoms with van der Waals surface area (Å²) in [6.07, 6.45) is 10.3. The van der Waals surface area contributed by atoms with E-state index in [-0.39, 0.29) is 24.0 Å². The van der Waals surface area contributed by atoms with Crippen molar-refractivity contribution in [2.45, 2.75) is 64.5 Å². The van der Waals surface area contributed by atoms with E-state index in [4.69, 9.17) is 10.5 Å². The fourth-order valence-electron chi connectivity index (χ4n) is 2.72. The number of nitrogens with one attached hydrogen (secondary N) is 1. The Morgan fingerprint density at radius 2 is 2.09 bits per heavy atom. The molecule has 0 unspecified atom stereocenters. The minimum atomic E-state index is 0. The molecule has 1 heterocycles. The Bertz CT molecular complexity index is 473. The van der Waals surface area contributed by atoms with Crippen molar-refractivity contribution in [2.75, 3.05) is 6.61 Å². The van der Waals surface area contributed by atoms with Crippen LogP contribution in [0.25, 0.3) is 0 Å². The number of halogens is 1. The molecular weight excluding hydrogens is 403 g/mol. The van der Waals surface area contributed by atoms with Gasteiger partial charge >= 0.3 is 0 Å². The van der Waals surface area contributed by atoms with Crippen LogP contribution in [-0.2, 0) is 6.54 Å². The molecule has 0 aliphatic heterocycles. The van der Waals surface area contributed by atoms with Gasteiger partial charge in [0, 0.05) is 17.8 Å². The summed E-state index contributed by atoms with van der Waals surface area (Å²) in [4.78, 5) is 8.72. The maximum atomic E-state index is 6.03. The standard InChI is InChI=1S/C17H28N4O.HI/c1-2-12-22-16-14(8-7-11-19-16)13-20-17(18)21-15-9-5-3-4-6-10-15;/h7-8,11,15H,2-6,9-10,12-13H2,1H3,(H3,18,20,21);1H. The van der Waals surface area contributed by atoms with Gasteiger partial charge in [-0.2, -0.15) is 0 Å². The molecule has 1 aromatic heterocycles. The van der Waals surface area contributed by atoms with E-state index in [1.54, 1.807) is 6.20 Å². The maximum absolute atomic E-state index is 6.03. The lowest BCUT2D eigenvalue weighted by molar-refractivity contribution is 0.302. The fourth-order valence-corrected chi connectivity index (χ4v) is 2.72. The van der Waals surface area contributed by atoms with E-state index in [1.807, 2.05) is 12.1 Å². The minimum Gasteiger partial charge on any atom is -0.477 e. The topological polar surface area (TPSA) is 72.5 Å². The van der Waals surface area contributed by atoms with Crippen molar-refractivity contribution >= 4 is 29.9 Å². The largest absolute Gasteiger partial charge is 0.477 e. The van der Waals surface area contributed by atoms with Crippen LogP contribution in [0.2, 0.25) is 0 Å². The molecule has 1 aliphatic carbocycles. The van der Waals surface area contributed by atoms with Crippen molar-refractivity contribution in [1.29, 1.82) is 0 Å². The van der Waals surface area contributed by atoms with Crippen LogP contribution >= 0.6 is 24.0 Å². The van der Waals surface area contributed by atoms with Crippen LogP contribution in [0.15, 0.2) is 23.3 Å². The summed E-state index contributed by atoms with van der Waals surface area (Å²) < 4.78 is 5.64. The van der Waals surface area contributed by atoms with E-state index >= 15 is 0 Å². The zero-order valence-corrected chi connectivity index (χ0v) is 16.3. The number of nitrogens with zero attached hydrogens (tertiary/aromatic N) is 2. The Balaban J connectivity index is 0.00000264. The zero-order valence-electron chi connectivity index (χ0n) is 14.0. The highest BCUT2D eigenvalue weighted by Gasteiger charge is 2.12. The molecule has 0 saturated heterocycles.